The lowest BCUT2D eigenvalue weighted by Crippen LogP contribution is -2.63. The maximum atomic E-state index is 13.3. The van der Waals surface area contributed by atoms with Crippen LogP contribution in [0, 0.1) is 0 Å². The van der Waals surface area contributed by atoms with Crippen molar-refractivity contribution in [1.82, 2.24) is 4.90 Å². The van der Waals surface area contributed by atoms with Crippen molar-refractivity contribution in [2.45, 2.75) is 36.9 Å². The first kappa shape index (κ1) is 17.6. The minimum absolute atomic E-state index is 0.0443. The van der Waals surface area contributed by atoms with Crippen LogP contribution < -0.4 is 0 Å². The third-order valence-electron chi connectivity index (χ3n) is 2.83. The number of halogens is 9. The van der Waals surface area contributed by atoms with Gasteiger partial charge in [0.2, 0.25) is 5.91 Å². The average Bonchev–Trinajstić information content (AvgIpc) is 3.05. The third kappa shape index (κ3) is 2.46. The molecular formula is C10H8F9NO. The lowest BCUT2D eigenvalue weighted by molar-refractivity contribution is -0.396. The van der Waals surface area contributed by atoms with Crippen LogP contribution in [0.1, 0.15) is 6.92 Å². The molecule has 11 heteroatoms. The first-order chi connectivity index (χ1) is 9.09. The molecule has 1 atom stereocenters. The van der Waals surface area contributed by atoms with Gasteiger partial charge in [-0.15, -0.1) is 0 Å². The predicted molar refractivity (Wildman–Crippen MR) is 51.2 cm³/mol. The molecule has 1 aliphatic heterocycles. The molecule has 0 aromatic carbocycles. The Kier molecular flexibility index (Phi) is 3.81. The van der Waals surface area contributed by atoms with Crippen LogP contribution in [-0.4, -0.2) is 47.3 Å². The number of rotatable bonds is 4. The Hall–Kier alpha value is -1.42. The summed E-state index contributed by atoms with van der Waals surface area (Å²) in [6, 6.07) is -2.75. The molecule has 1 unspecified atom stereocenters. The fourth-order valence-corrected chi connectivity index (χ4v) is 1.52. The highest BCUT2D eigenvalue weighted by Crippen LogP contribution is 2.56. The number of amides is 1. The topological polar surface area (TPSA) is 20.1 Å². The lowest BCUT2D eigenvalue weighted by atomic mass is 10.0. The van der Waals surface area contributed by atoms with E-state index in [1.165, 1.54) is 0 Å². The molecule has 0 spiro atoms. The summed E-state index contributed by atoms with van der Waals surface area (Å²) in [7, 11) is 0. The zero-order chi connectivity index (χ0) is 17.0. The molecular weight excluding hydrogens is 321 g/mol. The summed E-state index contributed by atoms with van der Waals surface area (Å²) in [5.41, 5.74) is -0.348. The van der Waals surface area contributed by atoms with Crippen molar-refractivity contribution < 1.29 is 44.3 Å². The predicted octanol–water partition coefficient (Wildman–Crippen LogP) is 3.24. The molecule has 1 rings (SSSR count). The second kappa shape index (κ2) is 4.54. The van der Waals surface area contributed by atoms with Gasteiger partial charge in [0.15, 0.2) is 0 Å². The highest BCUT2D eigenvalue weighted by Gasteiger charge is 2.85. The van der Waals surface area contributed by atoms with Crippen molar-refractivity contribution in [2.75, 3.05) is 6.54 Å². The summed E-state index contributed by atoms with van der Waals surface area (Å²) in [5.74, 6) is -20.6. The molecule has 122 valence electrons. The van der Waals surface area contributed by atoms with Crippen molar-refractivity contribution in [3.05, 3.63) is 12.2 Å². The van der Waals surface area contributed by atoms with E-state index in [2.05, 4.69) is 6.58 Å². The van der Waals surface area contributed by atoms with Crippen molar-refractivity contribution in [3.8, 4) is 0 Å². The maximum Gasteiger partial charge on any atom is 0.460 e. The largest absolute Gasteiger partial charge is 0.460 e. The van der Waals surface area contributed by atoms with Crippen LogP contribution in [-0.2, 0) is 4.79 Å². The summed E-state index contributed by atoms with van der Waals surface area (Å²) in [6.07, 6.45) is -6.86. The molecule has 0 bridgehead atoms. The van der Waals surface area contributed by atoms with E-state index in [1.54, 1.807) is 0 Å². The summed E-state index contributed by atoms with van der Waals surface area (Å²) in [6.45, 7) is 3.00. The van der Waals surface area contributed by atoms with Crippen molar-refractivity contribution in [3.63, 3.8) is 0 Å². The van der Waals surface area contributed by atoms with Gasteiger partial charge in [-0.2, -0.15) is 39.5 Å². The van der Waals surface area contributed by atoms with E-state index in [9.17, 15) is 44.3 Å². The molecule has 1 heterocycles. The Morgan fingerprint density at radius 1 is 1.00 bits per heavy atom. The van der Waals surface area contributed by atoms with Crippen LogP contribution in [0.4, 0.5) is 39.5 Å². The van der Waals surface area contributed by atoms with Crippen molar-refractivity contribution in [2.24, 2.45) is 0 Å². The molecule has 2 nitrogen and oxygen atoms in total. The van der Waals surface area contributed by atoms with Crippen molar-refractivity contribution in [1.29, 1.82) is 0 Å². The average molecular weight is 329 g/mol. The molecule has 1 aliphatic rings. The quantitative estimate of drug-likeness (QED) is 0.440. The number of carbonyl (C=O) groups is 1. The molecule has 0 aromatic heterocycles. The Morgan fingerprint density at radius 2 is 1.43 bits per heavy atom. The minimum Gasteiger partial charge on any atom is -0.326 e. The van der Waals surface area contributed by atoms with Gasteiger partial charge in [-0.1, -0.05) is 6.58 Å². The van der Waals surface area contributed by atoms with Crippen LogP contribution in [0.15, 0.2) is 12.2 Å². The molecule has 1 fully saturated rings. The second-order valence-electron chi connectivity index (χ2n) is 4.52. The molecule has 1 saturated heterocycles. The van der Waals surface area contributed by atoms with E-state index in [4.69, 9.17) is 0 Å². The smallest absolute Gasteiger partial charge is 0.326 e. The molecule has 0 saturated carbocycles. The van der Waals surface area contributed by atoms with E-state index in [1.807, 2.05) is 0 Å². The monoisotopic (exact) mass is 329 g/mol. The number of nitrogens with zero attached hydrogens (tertiary/aromatic N) is 1. The molecule has 0 aromatic rings. The fourth-order valence-electron chi connectivity index (χ4n) is 1.52. The highest BCUT2D eigenvalue weighted by molar-refractivity contribution is 5.94. The Morgan fingerprint density at radius 3 is 1.76 bits per heavy atom. The van der Waals surface area contributed by atoms with Crippen LogP contribution in [0.2, 0.25) is 0 Å². The number of carbonyl (C=O) groups excluding carboxylic acids is 1. The first-order valence-electron chi connectivity index (χ1n) is 5.25. The maximum absolute atomic E-state index is 13.3. The minimum atomic E-state index is -6.94. The van der Waals surface area contributed by atoms with Gasteiger partial charge >= 0.3 is 23.9 Å². The van der Waals surface area contributed by atoms with E-state index in [-0.39, 0.29) is 10.5 Å². The van der Waals surface area contributed by atoms with Gasteiger partial charge in [0.25, 0.3) is 0 Å². The summed E-state index contributed by atoms with van der Waals surface area (Å²) < 4.78 is 114. The molecule has 21 heavy (non-hydrogen) atoms. The Bertz CT molecular complexity index is 468. The summed E-state index contributed by atoms with van der Waals surface area (Å²) in [5, 5.41) is 0. The van der Waals surface area contributed by atoms with Gasteiger partial charge in [0.1, 0.15) is 6.04 Å². The number of alkyl halides is 9. The molecule has 1 amide bonds. The lowest BCUT2D eigenvalue weighted by Gasteiger charge is -2.33. The van der Waals surface area contributed by atoms with Crippen LogP contribution >= 0.6 is 0 Å². The van der Waals surface area contributed by atoms with Gasteiger partial charge in [-0.25, -0.2) is 0 Å². The SMILES string of the molecule is C=C(C)C(=O)N1CC1C(F)(F)C(F)(F)C(F)(F)C(F)(F)F. The molecule has 0 radical (unpaired) electrons. The zero-order valence-electron chi connectivity index (χ0n) is 10.2. The second-order valence-corrected chi connectivity index (χ2v) is 4.52. The summed E-state index contributed by atoms with van der Waals surface area (Å²) >= 11 is 0. The van der Waals surface area contributed by atoms with Gasteiger partial charge in [0, 0.05) is 12.1 Å². The third-order valence-corrected chi connectivity index (χ3v) is 2.83. The fraction of sp³-hybridized carbons (Fsp3) is 0.700. The van der Waals surface area contributed by atoms with E-state index < -0.39 is 42.4 Å². The molecule has 0 aliphatic carbocycles. The van der Waals surface area contributed by atoms with Crippen molar-refractivity contribution >= 4 is 5.91 Å². The van der Waals surface area contributed by atoms with Gasteiger partial charge < -0.3 is 4.90 Å². The van der Waals surface area contributed by atoms with Crippen LogP contribution in [0.3, 0.4) is 0 Å². The normalized spacial score (nSPS) is 20.5. The van der Waals surface area contributed by atoms with Crippen LogP contribution in [0.5, 0.6) is 0 Å². The summed E-state index contributed by atoms with van der Waals surface area (Å²) in [4.78, 5) is 11.2. The highest BCUT2D eigenvalue weighted by atomic mass is 19.4. The van der Waals surface area contributed by atoms with Gasteiger partial charge in [-0.3, -0.25) is 4.79 Å². The van der Waals surface area contributed by atoms with E-state index in [0.717, 1.165) is 6.92 Å². The van der Waals surface area contributed by atoms with E-state index in [0.29, 0.717) is 0 Å². The van der Waals surface area contributed by atoms with Crippen LogP contribution in [0.25, 0.3) is 0 Å². The molecule has 0 N–H and O–H groups in total. The van der Waals surface area contributed by atoms with Gasteiger partial charge in [0.05, 0.1) is 0 Å². The number of hydrogen-bond donors (Lipinski definition) is 0. The Balaban J connectivity index is 3.09. The van der Waals surface area contributed by atoms with Gasteiger partial charge in [-0.05, 0) is 6.92 Å². The zero-order valence-corrected chi connectivity index (χ0v) is 10.2. The number of hydrogen-bond acceptors (Lipinski definition) is 1. The first-order valence-corrected chi connectivity index (χ1v) is 5.25. The van der Waals surface area contributed by atoms with E-state index >= 15 is 0 Å². The Labute approximate surface area is 112 Å². The standard InChI is InChI=1S/C10H8F9NO/c1-4(2)6(21)20-3-5(20)7(11,12)8(13,14)9(15,16)10(17,18)19/h5H,1,3H2,2H3.